The van der Waals surface area contributed by atoms with Crippen molar-refractivity contribution >= 4 is 87.9 Å². The Hall–Kier alpha value is -8.29. The van der Waals surface area contributed by atoms with Crippen molar-refractivity contribution in [2.24, 2.45) is 23.3 Å². The number of hydrogen-bond acceptors (Lipinski definition) is 17. The Morgan fingerprint density at radius 3 is 1.57 bits per heavy atom. The second-order valence-corrected chi connectivity index (χ2v) is 21.0. The molecule has 0 saturated heterocycles. The van der Waals surface area contributed by atoms with Gasteiger partial charge in [0.15, 0.2) is 0 Å². The standard InChI is InChI=1S/C53H83N13O18/c1-25(2)20-36(50(81)63-37(47(78)57-23-41(73)74)21-30-22-56-33-13-9-8-12-31(30)33)62-44(75)27(5)59-53(84)43(29(7)68)66-52(83)42(26(3)4)65-45(76)28(6)58-51(82)38(24-67)64-48(79)34(14-10-11-19-54)61-49(80)35(16-18-40(71)72)60-46(77)32(55)15-17-39(69)70/h8-9,12-13,22,25-29,32,34-38,42-43,56,67-68H,10-11,14-21,23-24,54-55H2,1-7H3,(H,57,78)(H,58,82)(H,59,84)(H,60,77)(H,61,80)(H,62,75)(H,63,81)(H,64,79)(H,65,76)(H,66,83)(H,69,70)(H,71,72)(H,73,74). The Labute approximate surface area is 484 Å². The van der Waals surface area contributed by atoms with Crippen LogP contribution in [-0.4, -0.2) is 194 Å². The van der Waals surface area contributed by atoms with E-state index in [1.54, 1.807) is 44.3 Å². The lowest BCUT2D eigenvalue weighted by molar-refractivity contribution is -0.139. The summed E-state index contributed by atoms with van der Waals surface area (Å²) in [4.78, 5) is 172. The molecule has 0 fully saturated rings. The first kappa shape index (κ1) is 71.8. The number of amides is 10. The van der Waals surface area contributed by atoms with Gasteiger partial charge in [0, 0.05) is 36.4 Å². The number of carboxylic acid groups (broad SMARTS) is 3. The number of aliphatic carboxylic acids is 3. The normalized spacial score (nSPS) is 15.2. The molecule has 1 aromatic carbocycles. The molecule has 468 valence electrons. The maximum Gasteiger partial charge on any atom is 0.322 e. The zero-order valence-electron chi connectivity index (χ0n) is 48.1. The fraction of sp³-hybridized carbons (Fsp3) is 0.604. The summed E-state index contributed by atoms with van der Waals surface area (Å²) >= 11 is 0. The van der Waals surface area contributed by atoms with Gasteiger partial charge in [0.05, 0.1) is 18.8 Å². The van der Waals surface area contributed by atoms with E-state index in [2.05, 4.69) is 58.2 Å². The van der Waals surface area contributed by atoms with Crippen LogP contribution in [-0.2, 0) is 68.7 Å². The molecule has 31 nitrogen and oxygen atoms in total. The van der Waals surface area contributed by atoms with Crippen LogP contribution in [0.5, 0.6) is 0 Å². The molecule has 10 amide bonds. The lowest BCUT2D eigenvalue weighted by atomic mass is 10.0. The van der Waals surface area contributed by atoms with Crippen molar-refractivity contribution in [2.75, 3.05) is 19.7 Å². The topological polar surface area (TPSA) is 511 Å². The summed E-state index contributed by atoms with van der Waals surface area (Å²) in [6, 6.07) is -7.66. The molecular formula is C53H83N13O18. The zero-order chi connectivity index (χ0) is 63.5. The number of nitrogens with one attached hydrogen (secondary N) is 11. The van der Waals surface area contributed by atoms with Crippen LogP contribution >= 0.6 is 0 Å². The van der Waals surface area contributed by atoms with Crippen molar-refractivity contribution in [2.45, 2.75) is 173 Å². The van der Waals surface area contributed by atoms with E-state index in [0.717, 1.165) is 17.8 Å². The third-order valence-corrected chi connectivity index (χ3v) is 13.0. The Balaban J connectivity index is 2.18. The number of hydrogen-bond donors (Lipinski definition) is 18. The van der Waals surface area contributed by atoms with Gasteiger partial charge < -0.3 is 95.2 Å². The molecule has 0 spiro atoms. The van der Waals surface area contributed by atoms with Crippen LogP contribution in [0.1, 0.15) is 105 Å². The average Bonchev–Trinajstić information content (AvgIpc) is 3.82. The highest BCUT2D eigenvalue weighted by Gasteiger charge is 2.36. The number of aliphatic hydroxyl groups is 2. The van der Waals surface area contributed by atoms with Crippen LogP contribution in [0.4, 0.5) is 0 Å². The van der Waals surface area contributed by atoms with E-state index in [9.17, 15) is 82.8 Å². The molecule has 2 aromatic rings. The Morgan fingerprint density at radius 2 is 1.01 bits per heavy atom. The van der Waals surface area contributed by atoms with E-state index in [4.69, 9.17) is 16.6 Å². The molecule has 1 aromatic heterocycles. The van der Waals surface area contributed by atoms with Crippen molar-refractivity contribution in [1.29, 1.82) is 0 Å². The number of carbonyl (C=O) groups excluding carboxylic acids is 10. The molecule has 11 atom stereocenters. The van der Waals surface area contributed by atoms with Crippen LogP contribution in [0.15, 0.2) is 30.5 Å². The molecule has 11 unspecified atom stereocenters. The number of fused-ring (bicyclic) bond motifs is 1. The number of H-pyrrole nitrogens is 1. The molecule has 2 rings (SSSR count). The number of carboxylic acids is 3. The van der Waals surface area contributed by atoms with Crippen LogP contribution in [0.25, 0.3) is 10.9 Å². The van der Waals surface area contributed by atoms with E-state index < -0.39 is 182 Å². The van der Waals surface area contributed by atoms with Gasteiger partial charge in [-0.3, -0.25) is 62.3 Å². The number of nitrogens with two attached hydrogens (primary N) is 2. The summed E-state index contributed by atoms with van der Waals surface area (Å²) in [6.45, 7) is 8.59. The second kappa shape index (κ2) is 35.6. The monoisotopic (exact) mass is 1190 g/mol. The molecular weight excluding hydrogens is 1110 g/mol. The Morgan fingerprint density at radius 1 is 0.524 bits per heavy atom. The van der Waals surface area contributed by atoms with E-state index in [1.165, 1.54) is 27.7 Å². The average molecular weight is 1190 g/mol. The minimum atomic E-state index is -1.76. The Bertz CT molecular complexity index is 2630. The molecule has 0 aliphatic rings. The fourth-order valence-electron chi connectivity index (χ4n) is 8.22. The van der Waals surface area contributed by atoms with Gasteiger partial charge in [-0.25, -0.2) is 0 Å². The van der Waals surface area contributed by atoms with Crippen LogP contribution in [0, 0.1) is 11.8 Å². The fourth-order valence-corrected chi connectivity index (χ4v) is 8.22. The van der Waals surface area contributed by atoms with Gasteiger partial charge in [0.1, 0.15) is 60.9 Å². The number of benzene rings is 1. The summed E-state index contributed by atoms with van der Waals surface area (Å²) < 4.78 is 0. The molecule has 0 radical (unpaired) electrons. The molecule has 0 saturated carbocycles. The third-order valence-electron chi connectivity index (χ3n) is 13.0. The minimum Gasteiger partial charge on any atom is -0.481 e. The minimum absolute atomic E-state index is 0.0467. The van der Waals surface area contributed by atoms with Gasteiger partial charge >= 0.3 is 17.9 Å². The van der Waals surface area contributed by atoms with Crippen molar-refractivity contribution in [3.8, 4) is 0 Å². The van der Waals surface area contributed by atoms with Gasteiger partial charge in [0.2, 0.25) is 59.1 Å². The van der Waals surface area contributed by atoms with Gasteiger partial charge in [-0.2, -0.15) is 0 Å². The number of aliphatic hydroxyl groups excluding tert-OH is 2. The first-order valence-corrected chi connectivity index (χ1v) is 27.4. The smallest absolute Gasteiger partial charge is 0.322 e. The molecule has 20 N–H and O–H groups in total. The first-order valence-electron chi connectivity index (χ1n) is 27.4. The summed E-state index contributed by atoms with van der Waals surface area (Å²) in [5.41, 5.74) is 12.8. The van der Waals surface area contributed by atoms with Crippen LogP contribution < -0.4 is 64.6 Å². The van der Waals surface area contributed by atoms with Crippen molar-refractivity contribution < 1.29 is 87.9 Å². The van der Waals surface area contributed by atoms with Crippen LogP contribution in [0.2, 0.25) is 0 Å². The number of carbonyl (C=O) groups is 13. The first-order chi connectivity index (χ1) is 39.4. The maximum atomic E-state index is 13.9. The highest BCUT2D eigenvalue weighted by molar-refractivity contribution is 5.99. The van der Waals surface area contributed by atoms with Gasteiger partial charge in [0.25, 0.3) is 0 Å². The lowest BCUT2D eigenvalue weighted by Crippen LogP contribution is -2.62. The molecule has 0 aliphatic heterocycles. The van der Waals surface area contributed by atoms with Crippen molar-refractivity contribution in [1.82, 2.24) is 58.2 Å². The summed E-state index contributed by atoms with van der Waals surface area (Å²) in [7, 11) is 0. The number of unbranched alkanes of at least 4 members (excludes halogenated alkanes) is 1. The van der Waals surface area contributed by atoms with E-state index >= 15 is 0 Å². The Kier molecular flexibility index (Phi) is 30.5. The maximum absolute atomic E-state index is 13.9. The van der Waals surface area contributed by atoms with Crippen molar-refractivity contribution in [3.63, 3.8) is 0 Å². The predicted octanol–water partition coefficient (Wildman–Crippen LogP) is -4.42. The number of para-hydroxylation sites is 1. The van der Waals surface area contributed by atoms with Crippen LogP contribution in [0.3, 0.4) is 0 Å². The lowest BCUT2D eigenvalue weighted by Gasteiger charge is -2.29. The second-order valence-electron chi connectivity index (χ2n) is 21.0. The quantitative estimate of drug-likeness (QED) is 0.0282. The molecule has 0 bridgehead atoms. The third kappa shape index (κ3) is 24.7. The van der Waals surface area contributed by atoms with E-state index in [0.29, 0.717) is 12.0 Å². The summed E-state index contributed by atoms with van der Waals surface area (Å²) in [5.74, 6) is -14.5. The van der Waals surface area contributed by atoms with E-state index in [1.807, 2.05) is 0 Å². The summed E-state index contributed by atoms with van der Waals surface area (Å²) in [6.07, 6.45) is -1.39. The zero-order valence-corrected chi connectivity index (χ0v) is 48.1. The molecule has 31 heteroatoms. The predicted molar refractivity (Wildman–Crippen MR) is 299 cm³/mol. The number of rotatable bonds is 38. The highest BCUT2D eigenvalue weighted by atomic mass is 16.4. The summed E-state index contributed by atoms with van der Waals surface area (Å²) in [5, 5.41) is 73.0. The number of aromatic nitrogens is 1. The van der Waals surface area contributed by atoms with Gasteiger partial charge in [-0.1, -0.05) is 45.9 Å². The highest BCUT2D eigenvalue weighted by Crippen LogP contribution is 2.20. The van der Waals surface area contributed by atoms with Gasteiger partial charge in [-0.15, -0.1) is 0 Å². The molecule has 0 aliphatic carbocycles. The number of aromatic amines is 1. The SMILES string of the molecule is CC(C)CC(NC(=O)C(C)NC(=O)C(NC(=O)C(NC(=O)C(C)NC(=O)C(CO)NC(=O)C(CCCCN)NC(=O)C(CCC(=O)O)NC(=O)C(N)CCC(=O)O)C(C)C)C(C)O)C(=O)NC(Cc1c[nH]c2ccccc12)C(=O)NCC(=O)O. The molecule has 84 heavy (non-hydrogen) atoms. The van der Waals surface area contributed by atoms with Crippen molar-refractivity contribution in [3.05, 3.63) is 36.0 Å². The van der Waals surface area contributed by atoms with E-state index in [-0.39, 0.29) is 44.6 Å². The van der Waals surface area contributed by atoms with Gasteiger partial charge in [-0.05, 0) is 89.3 Å². The molecule has 1 heterocycles. The largest absolute Gasteiger partial charge is 0.481 e.